The number of benzene rings is 1. The summed E-state index contributed by atoms with van der Waals surface area (Å²) < 4.78 is 16.2. The van der Waals surface area contributed by atoms with Crippen molar-refractivity contribution in [3.05, 3.63) is 17.7 Å². The highest BCUT2D eigenvalue weighted by molar-refractivity contribution is 8.15. The van der Waals surface area contributed by atoms with Crippen molar-refractivity contribution in [2.75, 3.05) is 26.6 Å². The fourth-order valence-corrected chi connectivity index (χ4v) is 2.42. The number of carbonyl (C=O) groups is 1. The van der Waals surface area contributed by atoms with E-state index in [1.165, 1.54) is 11.8 Å². The largest absolute Gasteiger partial charge is 0.493 e. The maximum absolute atomic E-state index is 11.0. The predicted molar refractivity (Wildman–Crippen MR) is 86.3 cm³/mol. The fourth-order valence-electron chi connectivity index (χ4n) is 1.79. The summed E-state index contributed by atoms with van der Waals surface area (Å²) in [4.78, 5) is 11.0. The zero-order valence-electron chi connectivity index (χ0n) is 12.6. The minimum atomic E-state index is -0.0663. The number of carbonyl (C=O) groups excluding carboxylic acids is 1. The maximum Gasteiger partial charge on any atom is 0.236 e. The van der Waals surface area contributed by atoms with Gasteiger partial charge in [-0.2, -0.15) is 5.10 Å². The Hall–Kier alpha value is -2.22. The van der Waals surface area contributed by atoms with Crippen molar-refractivity contribution >= 4 is 29.1 Å². The molecule has 1 aromatic rings. The van der Waals surface area contributed by atoms with Gasteiger partial charge in [-0.1, -0.05) is 11.8 Å². The van der Waals surface area contributed by atoms with Gasteiger partial charge in [-0.3, -0.25) is 4.79 Å². The summed E-state index contributed by atoms with van der Waals surface area (Å²) in [5.74, 6) is 1.97. The number of hydrogen-bond donors (Lipinski definition) is 1. The third-order valence-electron chi connectivity index (χ3n) is 2.71. The molecule has 0 atom stereocenters. The number of amidine groups is 1. The summed E-state index contributed by atoms with van der Waals surface area (Å²) in [6, 6.07) is 3.55. The molecule has 0 saturated carbocycles. The Morgan fingerprint density at radius 3 is 2.50 bits per heavy atom. The fraction of sp³-hybridized carbons (Fsp3) is 0.357. The average Bonchev–Trinajstić information content (AvgIpc) is 2.93. The molecule has 0 aromatic heterocycles. The summed E-state index contributed by atoms with van der Waals surface area (Å²) in [5.41, 5.74) is 0.746. The van der Waals surface area contributed by atoms with Gasteiger partial charge in [0.25, 0.3) is 0 Å². The van der Waals surface area contributed by atoms with Crippen LogP contribution in [0.3, 0.4) is 0 Å². The van der Waals surface area contributed by atoms with Crippen LogP contribution in [-0.4, -0.2) is 43.9 Å². The Balaban J connectivity index is 2.22. The number of hydrogen-bond acceptors (Lipinski definition) is 7. The van der Waals surface area contributed by atoms with E-state index >= 15 is 0 Å². The predicted octanol–water partition coefficient (Wildman–Crippen LogP) is 1.66. The summed E-state index contributed by atoms with van der Waals surface area (Å²) in [6.07, 6.45) is 1.55. The van der Waals surface area contributed by atoms with Crippen LogP contribution in [0.4, 0.5) is 0 Å². The van der Waals surface area contributed by atoms with Crippen LogP contribution in [0.25, 0.3) is 0 Å². The first kappa shape index (κ1) is 16.2. The molecular formula is C14H17N3O4S. The van der Waals surface area contributed by atoms with Gasteiger partial charge in [0.2, 0.25) is 11.7 Å². The van der Waals surface area contributed by atoms with Gasteiger partial charge in [0.1, 0.15) is 0 Å². The van der Waals surface area contributed by atoms with Gasteiger partial charge in [0.15, 0.2) is 16.7 Å². The van der Waals surface area contributed by atoms with E-state index in [-0.39, 0.29) is 5.91 Å². The maximum atomic E-state index is 11.0. The lowest BCUT2D eigenvalue weighted by Gasteiger charge is -2.13. The SMILES string of the molecule is CCOc1c(OC)cc(C=NN=C2NC(=O)CS2)cc1OC. The van der Waals surface area contributed by atoms with Crippen LogP contribution < -0.4 is 19.5 Å². The Bertz CT molecular complexity index is 591. The number of methoxy groups -OCH3 is 2. The molecule has 1 aliphatic heterocycles. The Labute approximate surface area is 132 Å². The van der Waals surface area contributed by atoms with E-state index in [1.807, 2.05) is 6.92 Å². The Morgan fingerprint density at radius 1 is 1.32 bits per heavy atom. The molecule has 0 bridgehead atoms. The van der Waals surface area contributed by atoms with Crippen LogP contribution in [-0.2, 0) is 4.79 Å². The standard InChI is InChI=1S/C14H17N3O4S/c1-4-21-13-10(19-2)5-9(6-11(13)20-3)7-15-17-14-16-12(18)8-22-14/h5-7H,4,8H2,1-3H3,(H,16,17,18). The molecule has 1 N–H and O–H groups in total. The van der Waals surface area contributed by atoms with Crippen LogP contribution in [0.1, 0.15) is 12.5 Å². The molecule has 0 radical (unpaired) electrons. The van der Waals surface area contributed by atoms with E-state index in [2.05, 4.69) is 15.5 Å². The minimum absolute atomic E-state index is 0.0663. The number of ether oxygens (including phenoxy) is 3. The van der Waals surface area contributed by atoms with Crippen LogP contribution in [0.15, 0.2) is 22.3 Å². The molecule has 8 heteroatoms. The van der Waals surface area contributed by atoms with Crippen LogP contribution >= 0.6 is 11.8 Å². The van der Waals surface area contributed by atoms with Gasteiger partial charge in [-0.25, -0.2) is 0 Å². The van der Waals surface area contributed by atoms with Gasteiger partial charge >= 0.3 is 0 Å². The third-order valence-corrected chi connectivity index (χ3v) is 3.58. The normalized spacial score (nSPS) is 16.1. The molecule has 2 rings (SSSR count). The molecule has 0 unspecified atom stereocenters. The number of nitrogens with zero attached hydrogens (tertiary/aromatic N) is 2. The van der Waals surface area contributed by atoms with Gasteiger partial charge < -0.3 is 19.5 Å². The number of nitrogens with one attached hydrogen (secondary N) is 1. The summed E-state index contributed by atoms with van der Waals surface area (Å²) in [6.45, 7) is 2.39. The molecule has 0 aliphatic carbocycles. The number of thioether (sulfide) groups is 1. The van der Waals surface area contributed by atoms with Gasteiger partial charge in [-0.15, -0.1) is 5.10 Å². The smallest absolute Gasteiger partial charge is 0.236 e. The van der Waals surface area contributed by atoms with E-state index in [0.717, 1.165) is 5.56 Å². The van der Waals surface area contributed by atoms with Crippen LogP contribution in [0, 0.1) is 0 Å². The first-order valence-corrected chi connectivity index (χ1v) is 7.59. The van der Waals surface area contributed by atoms with E-state index in [4.69, 9.17) is 14.2 Å². The minimum Gasteiger partial charge on any atom is -0.493 e. The lowest BCUT2D eigenvalue weighted by molar-refractivity contribution is -0.116. The summed E-state index contributed by atoms with van der Waals surface area (Å²) in [5, 5.41) is 11.0. The monoisotopic (exact) mass is 323 g/mol. The highest BCUT2D eigenvalue weighted by Crippen LogP contribution is 2.38. The van der Waals surface area contributed by atoms with Crippen molar-refractivity contribution in [3.63, 3.8) is 0 Å². The zero-order valence-corrected chi connectivity index (χ0v) is 13.4. The molecule has 1 saturated heterocycles. The molecular weight excluding hydrogens is 306 g/mol. The molecule has 1 aromatic carbocycles. The van der Waals surface area contributed by atoms with Gasteiger partial charge in [0, 0.05) is 5.56 Å². The van der Waals surface area contributed by atoms with Crippen molar-refractivity contribution in [1.29, 1.82) is 0 Å². The second kappa shape index (κ2) is 7.69. The quantitative estimate of drug-likeness (QED) is 0.636. The van der Waals surface area contributed by atoms with Crippen molar-refractivity contribution in [2.24, 2.45) is 10.2 Å². The molecule has 1 fully saturated rings. The van der Waals surface area contributed by atoms with E-state index in [0.29, 0.717) is 34.8 Å². The lowest BCUT2D eigenvalue weighted by Crippen LogP contribution is -2.19. The summed E-state index contributed by atoms with van der Waals surface area (Å²) in [7, 11) is 3.12. The molecule has 22 heavy (non-hydrogen) atoms. The van der Waals surface area contributed by atoms with Crippen molar-refractivity contribution < 1.29 is 19.0 Å². The second-order valence-corrected chi connectivity index (χ2v) is 5.14. The Kier molecular flexibility index (Phi) is 5.65. The van der Waals surface area contributed by atoms with Crippen molar-refractivity contribution in [3.8, 4) is 17.2 Å². The number of rotatable bonds is 6. The molecule has 1 amide bonds. The van der Waals surface area contributed by atoms with Gasteiger partial charge in [-0.05, 0) is 19.1 Å². The Morgan fingerprint density at radius 2 is 2.00 bits per heavy atom. The third kappa shape index (κ3) is 3.91. The van der Waals surface area contributed by atoms with Gasteiger partial charge in [0.05, 0.1) is 32.8 Å². The van der Waals surface area contributed by atoms with E-state index in [1.54, 1.807) is 32.6 Å². The van der Waals surface area contributed by atoms with Crippen LogP contribution in [0.5, 0.6) is 17.2 Å². The first-order chi connectivity index (χ1) is 10.7. The molecule has 1 heterocycles. The van der Waals surface area contributed by atoms with Crippen LogP contribution in [0.2, 0.25) is 0 Å². The average molecular weight is 323 g/mol. The molecule has 0 spiro atoms. The van der Waals surface area contributed by atoms with E-state index < -0.39 is 0 Å². The van der Waals surface area contributed by atoms with Crippen molar-refractivity contribution in [2.45, 2.75) is 6.92 Å². The van der Waals surface area contributed by atoms with E-state index in [9.17, 15) is 4.79 Å². The highest BCUT2D eigenvalue weighted by Gasteiger charge is 2.16. The highest BCUT2D eigenvalue weighted by atomic mass is 32.2. The summed E-state index contributed by atoms with van der Waals surface area (Å²) >= 11 is 1.32. The van der Waals surface area contributed by atoms with Crippen molar-refractivity contribution in [1.82, 2.24) is 5.32 Å². The lowest BCUT2D eigenvalue weighted by atomic mass is 10.2. The second-order valence-electron chi connectivity index (χ2n) is 4.17. The number of amides is 1. The molecule has 1 aliphatic rings. The molecule has 7 nitrogen and oxygen atoms in total. The zero-order chi connectivity index (χ0) is 15.9. The topological polar surface area (TPSA) is 81.5 Å². The first-order valence-electron chi connectivity index (χ1n) is 6.60. The molecule has 118 valence electrons.